The molecule has 134 valence electrons. The molecule has 1 fully saturated rings. The second-order valence-electron chi connectivity index (χ2n) is 5.87. The zero-order chi connectivity index (χ0) is 15.3. The summed E-state index contributed by atoms with van der Waals surface area (Å²) < 4.78 is 5.26. The lowest BCUT2D eigenvalue weighted by atomic mass is 9.94. The van der Waals surface area contributed by atoms with Crippen LogP contribution < -0.4 is 10.6 Å². The van der Waals surface area contributed by atoms with Crippen LogP contribution in [0.3, 0.4) is 0 Å². The van der Waals surface area contributed by atoms with Crippen molar-refractivity contribution in [2.75, 3.05) is 19.6 Å². The molecule has 2 aromatic rings. The Kier molecular flexibility index (Phi) is 8.66. The highest BCUT2D eigenvalue weighted by Crippen LogP contribution is 2.14. The molecule has 0 amide bonds. The Balaban J connectivity index is 0.00000144. The molecule has 0 bridgehead atoms. The lowest BCUT2D eigenvalue weighted by molar-refractivity contribution is 0.0167. The van der Waals surface area contributed by atoms with Crippen LogP contribution >= 0.6 is 24.8 Å². The molecular weight excluding hydrogens is 351 g/mol. The fourth-order valence-corrected chi connectivity index (χ4v) is 2.71. The Hall–Kier alpha value is -1.18. The largest absolute Gasteiger partial charge is 0.387 e. The minimum Gasteiger partial charge on any atom is -0.387 e. The summed E-state index contributed by atoms with van der Waals surface area (Å²) >= 11 is 0. The van der Waals surface area contributed by atoms with Gasteiger partial charge in [-0.3, -0.25) is 0 Å². The Bertz CT molecular complexity index is 589. The molecule has 1 aliphatic heterocycles. The zero-order valence-electron chi connectivity index (χ0n) is 13.4. The molecule has 0 saturated carbocycles. The van der Waals surface area contributed by atoms with Gasteiger partial charge in [-0.25, -0.2) is 0 Å². The summed E-state index contributed by atoms with van der Waals surface area (Å²) in [5, 5.41) is 20.8. The molecular formula is C16H24Cl2N4O2. The molecule has 0 radical (unpaired) electrons. The molecule has 24 heavy (non-hydrogen) atoms. The average molecular weight is 375 g/mol. The van der Waals surface area contributed by atoms with Crippen LogP contribution in [-0.2, 0) is 13.0 Å². The van der Waals surface area contributed by atoms with Gasteiger partial charge < -0.3 is 20.3 Å². The van der Waals surface area contributed by atoms with E-state index in [9.17, 15) is 5.11 Å². The maximum absolute atomic E-state index is 10.4. The number of nitrogens with one attached hydrogen (secondary N) is 2. The molecule has 2 heterocycles. The third-order valence-corrected chi connectivity index (χ3v) is 3.90. The first-order valence-corrected chi connectivity index (χ1v) is 7.73. The van der Waals surface area contributed by atoms with Crippen LogP contribution in [0.15, 0.2) is 34.9 Å². The van der Waals surface area contributed by atoms with Crippen LogP contribution in [0.5, 0.6) is 0 Å². The molecule has 1 atom stereocenters. The molecule has 8 heteroatoms. The van der Waals surface area contributed by atoms with E-state index in [0.29, 0.717) is 37.8 Å². The van der Waals surface area contributed by atoms with E-state index in [2.05, 4.69) is 20.8 Å². The van der Waals surface area contributed by atoms with Gasteiger partial charge in [0.1, 0.15) is 0 Å². The molecule has 1 aromatic heterocycles. The quantitative estimate of drug-likeness (QED) is 0.713. The summed E-state index contributed by atoms with van der Waals surface area (Å²) in [5.41, 5.74) is 0.475. The van der Waals surface area contributed by atoms with E-state index in [1.807, 2.05) is 30.3 Å². The highest BCUT2D eigenvalue weighted by molar-refractivity contribution is 5.85. The van der Waals surface area contributed by atoms with Gasteiger partial charge in [0.2, 0.25) is 5.89 Å². The first-order valence-electron chi connectivity index (χ1n) is 7.73. The van der Waals surface area contributed by atoms with Gasteiger partial charge in [0.15, 0.2) is 5.82 Å². The SMILES string of the molecule is Cl.Cl.OC1(CNCc2noc(Cc3ccccc3)n2)CCCNC1. The van der Waals surface area contributed by atoms with E-state index in [-0.39, 0.29) is 24.8 Å². The first-order chi connectivity index (χ1) is 10.7. The van der Waals surface area contributed by atoms with Crippen LogP contribution in [0.1, 0.15) is 30.1 Å². The number of β-amino-alcohol motifs (C(OH)–C–C–N with tert-alkyl or cyclic N) is 1. The normalized spacial score (nSPS) is 20.0. The van der Waals surface area contributed by atoms with Crippen LogP contribution in [0.4, 0.5) is 0 Å². The van der Waals surface area contributed by atoms with Gasteiger partial charge in [-0.1, -0.05) is 35.5 Å². The van der Waals surface area contributed by atoms with Crippen molar-refractivity contribution in [2.45, 2.75) is 31.4 Å². The van der Waals surface area contributed by atoms with Crippen LogP contribution in [0, 0.1) is 0 Å². The lowest BCUT2D eigenvalue weighted by Crippen LogP contribution is -2.51. The molecule has 3 N–H and O–H groups in total. The number of benzene rings is 1. The Morgan fingerprint density at radius 1 is 1.25 bits per heavy atom. The molecule has 1 aliphatic rings. The van der Waals surface area contributed by atoms with Crippen molar-refractivity contribution in [2.24, 2.45) is 0 Å². The maximum Gasteiger partial charge on any atom is 0.231 e. The molecule has 0 aliphatic carbocycles. The molecule has 0 spiro atoms. The van der Waals surface area contributed by atoms with Crippen molar-refractivity contribution in [1.29, 1.82) is 0 Å². The van der Waals surface area contributed by atoms with Crippen LogP contribution in [0.2, 0.25) is 0 Å². The second-order valence-corrected chi connectivity index (χ2v) is 5.87. The Morgan fingerprint density at radius 2 is 2.04 bits per heavy atom. The first kappa shape index (κ1) is 20.9. The molecule has 1 aromatic carbocycles. The monoisotopic (exact) mass is 374 g/mol. The summed E-state index contributed by atoms with van der Waals surface area (Å²) in [6.07, 6.45) is 2.46. The van der Waals surface area contributed by atoms with E-state index in [4.69, 9.17) is 4.52 Å². The number of rotatable bonds is 6. The number of aliphatic hydroxyl groups is 1. The Labute approximate surface area is 154 Å². The standard InChI is InChI=1S/C16H22N4O2.2ClH/c21-16(7-4-8-17-11-16)12-18-10-14-19-15(22-20-14)9-13-5-2-1-3-6-13;;/h1-3,5-6,17-18,21H,4,7-12H2;2*1H. The lowest BCUT2D eigenvalue weighted by Gasteiger charge is -2.32. The van der Waals surface area contributed by atoms with Crippen molar-refractivity contribution in [3.63, 3.8) is 0 Å². The predicted molar refractivity (Wildman–Crippen MR) is 96.8 cm³/mol. The number of hydrogen-bond donors (Lipinski definition) is 3. The maximum atomic E-state index is 10.4. The third-order valence-electron chi connectivity index (χ3n) is 3.90. The van der Waals surface area contributed by atoms with E-state index >= 15 is 0 Å². The number of piperidine rings is 1. The molecule has 6 nitrogen and oxygen atoms in total. The smallest absolute Gasteiger partial charge is 0.231 e. The van der Waals surface area contributed by atoms with Crippen LogP contribution in [-0.4, -0.2) is 40.5 Å². The number of hydrogen-bond acceptors (Lipinski definition) is 6. The predicted octanol–water partition coefficient (Wildman–Crippen LogP) is 1.71. The van der Waals surface area contributed by atoms with E-state index < -0.39 is 5.60 Å². The van der Waals surface area contributed by atoms with E-state index in [1.165, 1.54) is 0 Å². The second kappa shape index (κ2) is 9.96. The van der Waals surface area contributed by atoms with Crippen molar-refractivity contribution >= 4 is 24.8 Å². The summed E-state index contributed by atoms with van der Waals surface area (Å²) in [6.45, 7) is 2.64. The fourth-order valence-electron chi connectivity index (χ4n) is 2.71. The molecule has 1 unspecified atom stereocenters. The van der Waals surface area contributed by atoms with Gasteiger partial charge in [-0.15, -0.1) is 24.8 Å². The van der Waals surface area contributed by atoms with Crippen LogP contribution in [0.25, 0.3) is 0 Å². The van der Waals surface area contributed by atoms with Gasteiger partial charge in [0, 0.05) is 13.1 Å². The topological polar surface area (TPSA) is 83.2 Å². The van der Waals surface area contributed by atoms with Crippen molar-refractivity contribution in [3.8, 4) is 0 Å². The number of halogens is 2. The Morgan fingerprint density at radius 3 is 2.75 bits per heavy atom. The zero-order valence-corrected chi connectivity index (χ0v) is 15.0. The summed E-state index contributed by atoms with van der Waals surface area (Å²) in [5.74, 6) is 1.24. The van der Waals surface area contributed by atoms with Crippen molar-refractivity contribution in [3.05, 3.63) is 47.6 Å². The highest BCUT2D eigenvalue weighted by atomic mass is 35.5. The van der Waals surface area contributed by atoms with Gasteiger partial charge in [-0.2, -0.15) is 4.98 Å². The van der Waals surface area contributed by atoms with E-state index in [1.54, 1.807) is 0 Å². The van der Waals surface area contributed by atoms with E-state index in [0.717, 1.165) is 24.9 Å². The highest BCUT2D eigenvalue weighted by Gasteiger charge is 2.28. The van der Waals surface area contributed by atoms with Gasteiger partial charge in [-0.05, 0) is 24.9 Å². The number of aromatic nitrogens is 2. The van der Waals surface area contributed by atoms with Crippen molar-refractivity contribution in [1.82, 2.24) is 20.8 Å². The van der Waals surface area contributed by atoms with Gasteiger partial charge in [0.25, 0.3) is 0 Å². The van der Waals surface area contributed by atoms with Crippen molar-refractivity contribution < 1.29 is 9.63 Å². The summed E-state index contributed by atoms with van der Waals surface area (Å²) in [7, 11) is 0. The summed E-state index contributed by atoms with van der Waals surface area (Å²) in [6, 6.07) is 10.0. The van der Waals surface area contributed by atoms with Gasteiger partial charge >= 0.3 is 0 Å². The minimum atomic E-state index is -0.672. The third kappa shape index (κ3) is 6.03. The number of nitrogens with zero attached hydrogens (tertiary/aromatic N) is 2. The molecule has 3 rings (SSSR count). The fraction of sp³-hybridized carbons (Fsp3) is 0.500. The minimum absolute atomic E-state index is 0. The van der Waals surface area contributed by atoms with Gasteiger partial charge in [0.05, 0.1) is 18.6 Å². The molecule has 1 saturated heterocycles. The summed E-state index contributed by atoms with van der Waals surface area (Å²) in [4.78, 5) is 4.37. The average Bonchev–Trinajstić information content (AvgIpc) is 2.96.